The van der Waals surface area contributed by atoms with E-state index >= 15 is 0 Å². The van der Waals surface area contributed by atoms with Gasteiger partial charge in [-0.1, -0.05) is 0 Å². The summed E-state index contributed by atoms with van der Waals surface area (Å²) in [6.45, 7) is 1.66. The summed E-state index contributed by atoms with van der Waals surface area (Å²) < 4.78 is 0. The SMILES string of the molecule is Cc1cc2ncnc(N)c2cc1[N+](=O)[O-]. The lowest BCUT2D eigenvalue weighted by Crippen LogP contribution is -1.96. The van der Waals surface area contributed by atoms with Crippen molar-refractivity contribution in [2.45, 2.75) is 6.92 Å². The van der Waals surface area contributed by atoms with Crippen molar-refractivity contribution >= 4 is 22.4 Å². The molecule has 0 aliphatic carbocycles. The zero-order valence-electron chi connectivity index (χ0n) is 7.97. The van der Waals surface area contributed by atoms with Crippen molar-refractivity contribution in [3.8, 4) is 0 Å². The van der Waals surface area contributed by atoms with Gasteiger partial charge in [-0.15, -0.1) is 0 Å². The average Bonchev–Trinajstić information content (AvgIpc) is 2.16. The molecule has 2 aromatic rings. The summed E-state index contributed by atoms with van der Waals surface area (Å²) in [5.41, 5.74) is 6.81. The highest BCUT2D eigenvalue weighted by Gasteiger charge is 2.13. The maximum absolute atomic E-state index is 10.7. The molecule has 2 rings (SSSR count). The summed E-state index contributed by atoms with van der Waals surface area (Å²) >= 11 is 0. The molecule has 0 fully saturated rings. The van der Waals surface area contributed by atoms with Gasteiger partial charge in [0.2, 0.25) is 0 Å². The number of hydrogen-bond acceptors (Lipinski definition) is 5. The first-order valence-electron chi connectivity index (χ1n) is 4.25. The summed E-state index contributed by atoms with van der Waals surface area (Å²) in [7, 11) is 0. The summed E-state index contributed by atoms with van der Waals surface area (Å²) in [4.78, 5) is 18.0. The fourth-order valence-corrected chi connectivity index (χ4v) is 1.41. The number of fused-ring (bicyclic) bond motifs is 1. The van der Waals surface area contributed by atoms with Crippen LogP contribution >= 0.6 is 0 Å². The molecule has 0 saturated carbocycles. The van der Waals surface area contributed by atoms with Gasteiger partial charge in [-0.3, -0.25) is 10.1 Å². The van der Waals surface area contributed by atoms with Crippen molar-refractivity contribution in [3.63, 3.8) is 0 Å². The predicted octanol–water partition coefficient (Wildman–Crippen LogP) is 1.43. The number of anilines is 1. The molecule has 0 aliphatic rings. The lowest BCUT2D eigenvalue weighted by atomic mass is 10.1. The first-order chi connectivity index (χ1) is 7.09. The zero-order valence-corrected chi connectivity index (χ0v) is 7.97. The number of aromatic nitrogens is 2. The molecule has 6 heteroatoms. The van der Waals surface area contributed by atoms with Crippen molar-refractivity contribution < 1.29 is 4.92 Å². The minimum absolute atomic E-state index is 0.0315. The Kier molecular flexibility index (Phi) is 1.96. The van der Waals surface area contributed by atoms with E-state index < -0.39 is 4.92 Å². The highest BCUT2D eigenvalue weighted by atomic mass is 16.6. The van der Waals surface area contributed by atoms with Crippen LogP contribution in [0.4, 0.5) is 11.5 Å². The third-order valence-corrected chi connectivity index (χ3v) is 2.18. The molecule has 6 nitrogen and oxygen atoms in total. The standard InChI is InChI=1S/C9H8N4O2/c1-5-2-7-6(3-8(5)13(14)15)9(10)12-4-11-7/h2-4H,1H3,(H2,10,11,12). The van der Waals surface area contributed by atoms with Crippen LogP contribution in [0.15, 0.2) is 18.5 Å². The number of nitro groups is 1. The van der Waals surface area contributed by atoms with Crippen molar-refractivity contribution in [2.24, 2.45) is 0 Å². The van der Waals surface area contributed by atoms with Crippen LogP contribution in [0.2, 0.25) is 0 Å². The summed E-state index contributed by atoms with van der Waals surface area (Å²) in [5, 5.41) is 11.2. The van der Waals surface area contributed by atoms with Crippen molar-refractivity contribution in [2.75, 3.05) is 5.73 Å². The van der Waals surface area contributed by atoms with Gasteiger partial charge in [-0.2, -0.15) is 0 Å². The van der Waals surface area contributed by atoms with Crippen LogP contribution in [0, 0.1) is 17.0 Å². The largest absolute Gasteiger partial charge is 0.383 e. The van der Waals surface area contributed by atoms with E-state index in [2.05, 4.69) is 9.97 Å². The Morgan fingerprint density at radius 3 is 2.80 bits per heavy atom. The molecule has 0 spiro atoms. The van der Waals surface area contributed by atoms with Crippen LogP contribution in [0.5, 0.6) is 0 Å². The van der Waals surface area contributed by atoms with Gasteiger partial charge in [0, 0.05) is 17.0 Å². The van der Waals surface area contributed by atoms with Crippen LogP contribution in [0.3, 0.4) is 0 Å². The molecule has 15 heavy (non-hydrogen) atoms. The maximum Gasteiger partial charge on any atom is 0.273 e. The monoisotopic (exact) mass is 204 g/mol. The quantitative estimate of drug-likeness (QED) is 0.560. The van der Waals surface area contributed by atoms with Crippen LogP contribution in [0.25, 0.3) is 10.9 Å². The molecule has 1 aromatic carbocycles. The van der Waals surface area contributed by atoms with Crippen LogP contribution < -0.4 is 5.73 Å². The number of nitrogens with zero attached hydrogens (tertiary/aromatic N) is 3. The highest BCUT2D eigenvalue weighted by molar-refractivity contribution is 5.90. The molecule has 2 N–H and O–H groups in total. The molecule has 76 valence electrons. The Morgan fingerprint density at radius 2 is 2.13 bits per heavy atom. The second-order valence-corrected chi connectivity index (χ2v) is 3.17. The van der Waals surface area contributed by atoms with Gasteiger partial charge in [0.05, 0.1) is 10.4 Å². The molecular formula is C9H8N4O2. The van der Waals surface area contributed by atoms with Gasteiger partial charge in [0.15, 0.2) is 0 Å². The Labute approximate surface area is 84.9 Å². The molecule has 0 bridgehead atoms. The molecular weight excluding hydrogens is 196 g/mol. The molecule has 0 saturated heterocycles. The van der Waals surface area contributed by atoms with E-state index in [9.17, 15) is 10.1 Å². The van der Waals surface area contributed by atoms with E-state index in [4.69, 9.17) is 5.73 Å². The maximum atomic E-state index is 10.7. The molecule has 0 aliphatic heterocycles. The second kappa shape index (κ2) is 3.16. The topological polar surface area (TPSA) is 94.9 Å². The van der Waals surface area contributed by atoms with E-state index in [1.165, 1.54) is 12.4 Å². The Bertz CT molecular complexity index is 553. The number of benzene rings is 1. The van der Waals surface area contributed by atoms with E-state index in [1.807, 2.05) is 0 Å². The minimum atomic E-state index is -0.443. The van der Waals surface area contributed by atoms with Crippen molar-refractivity contribution in [1.29, 1.82) is 0 Å². The number of aryl methyl sites for hydroxylation is 1. The third-order valence-electron chi connectivity index (χ3n) is 2.18. The van der Waals surface area contributed by atoms with Crippen LogP contribution in [0.1, 0.15) is 5.56 Å². The van der Waals surface area contributed by atoms with E-state index in [0.717, 1.165) is 0 Å². The fourth-order valence-electron chi connectivity index (χ4n) is 1.41. The molecule has 0 unspecified atom stereocenters. The number of nitrogens with two attached hydrogens (primary N) is 1. The highest BCUT2D eigenvalue weighted by Crippen LogP contribution is 2.26. The van der Waals surface area contributed by atoms with Gasteiger partial charge in [-0.25, -0.2) is 9.97 Å². The summed E-state index contributed by atoms with van der Waals surface area (Å²) in [5.74, 6) is 0.253. The second-order valence-electron chi connectivity index (χ2n) is 3.17. The van der Waals surface area contributed by atoms with Crippen molar-refractivity contribution in [3.05, 3.63) is 34.1 Å². The van der Waals surface area contributed by atoms with Gasteiger partial charge < -0.3 is 5.73 Å². The van der Waals surface area contributed by atoms with Gasteiger partial charge in [0.25, 0.3) is 5.69 Å². The number of nitro benzene ring substituents is 1. The lowest BCUT2D eigenvalue weighted by Gasteiger charge is -2.02. The molecule has 0 atom stereocenters. The zero-order chi connectivity index (χ0) is 11.0. The number of rotatable bonds is 1. The average molecular weight is 204 g/mol. The normalized spacial score (nSPS) is 10.5. The fraction of sp³-hybridized carbons (Fsp3) is 0.111. The molecule has 0 amide bonds. The first kappa shape index (κ1) is 9.32. The van der Waals surface area contributed by atoms with Gasteiger partial charge in [0.1, 0.15) is 12.1 Å². The van der Waals surface area contributed by atoms with E-state index in [1.54, 1.807) is 13.0 Å². The predicted molar refractivity (Wildman–Crippen MR) is 55.3 cm³/mol. The van der Waals surface area contributed by atoms with Gasteiger partial charge in [-0.05, 0) is 13.0 Å². The Hall–Kier alpha value is -2.24. The van der Waals surface area contributed by atoms with Crippen LogP contribution in [-0.4, -0.2) is 14.9 Å². The molecule has 0 radical (unpaired) electrons. The number of hydrogen-bond donors (Lipinski definition) is 1. The third kappa shape index (κ3) is 1.45. The lowest BCUT2D eigenvalue weighted by molar-refractivity contribution is -0.385. The first-order valence-corrected chi connectivity index (χ1v) is 4.25. The summed E-state index contributed by atoms with van der Waals surface area (Å²) in [6.07, 6.45) is 1.34. The molecule has 1 heterocycles. The van der Waals surface area contributed by atoms with E-state index in [-0.39, 0.29) is 11.5 Å². The van der Waals surface area contributed by atoms with Gasteiger partial charge >= 0.3 is 0 Å². The number of nitrogen functional groups attached to an aromatic ring is 1. The smallest absolute Gasteiger partial charge is 0.273 e. The summed E-state index contributed by atoms with van der Waals surface area (Å²) in [6, 6.07) is 3.03. The molecule has 1 aromatic heterocycles. The Balaban J connectivity index is 2.83. The van der Waals surface area contributed by atoms with Crippen molar-refractivity contribution in [1.82, 2.24) is 9.97 Å². The Morgan fingerprint density at radius 1 is 1.40 bits per heavy atom. The minimum Gasteiger partial charge on any atom is -0.383 e. The van der Waals surface area contributed by atoms with Crippen LogP contribution in [-0.2, 0) is 0 Å². The van der Waals surface area contributed by atoms with E-state index in [0.29, 0.717) is 16.5 Å².